The minimum atomic E-state index is 0.106. The lowest BCUT2D eigenvalue weighted by molar-refractivity contribution is 0.401. The molecule has 1 fully saturated rings. The van der Waals surface area contributed by atoms with Gasteiger partial charge in [-0.15, -0.1) is 0 Å². The summed E-state index contributed by atoms with van der Waals surface area (Å²) in [5.41, 5.74) is 7.25. The van der Waals surface area contributed by atoms with Gasteiger partial charge in [0, 0.05) is 5.92 Å². The van der Waals surface area contributed by atoms with Crippen molar-refractivity contribution in [2.24, 2.45) is 5.73 Å². The summed E-state index contributed by atoms with van der Waals surface area (Å²) in [6.45, 7) is 0. The van der Waals surface area contributed by atoms with E-state index in [1.54, 1.807) is 0 Å². The lowest BCUT2D eigenvalue weighted by atomic mass is 10.1. The lowest BCUT2D eigenvalue weighted by Crippen LogP contribution is -2.26. The molecule has 4 heteroatoms. The molecule has 14 heavy (non-hydrogen) atoms. The Hall–Kier alpha value is -0.540. The van der Waals surface area contributed by atoms with Crippen LogP contribution in [0.1, 0.15) is 49.3 Å². The van der Waals surface area contributed by atoms with Gasteiger partial charge in [-0.2, -0.15) is 0 Å². The third kappa shape index (κ3) is 1.19. The van der Waals surface area contributed by atoms with Crippen LogP contribution in [0.2, 0.25) is 5.15 Å². The number of aromatic nitrogens is 2. The molecular formula is C10H14ClN3. The summed E-state index contributed by atoms with van der Waals surface area (Å²) in [4.78, 5) is 4.45. The largest absolute Gasteiger partial charge is 0.314 e. The summed E-state index contributed by atoms with van der Waals surface area (Å²) in [6.07, 6.45) is 5.83. The monoisotopic (exact) mass is 211 g/mol. The molecule has 76 valence electrons. The van der Waals surface area contributed by atoms with Crippen LogP contribution in [0.15, 0.2) is 0 Å². The van der Waals surface area contributed by atoms with Gasteiger partial charge in [0.2, 0.25) is 0 Å². The normalized spacial score (nSPS) is 26.3. The second-order valence-corrected chi connectivity index (χ2v) is 4.67. The number of imidazole rings is 1. The number of hydrogen-bond acceptors (Lipinski definition) is 2. The van der Waals surface area contributed by atoms with Gasteiger partial charge in [-0.3, -0.25) is 0 Å². The summed E-state index contributed by atoms with van der Waals surface area (Å²) < 4.78 is 2.18. The molecule has 3 rings (SSSR count). The summed E-state index contributed by atoms with van der Waals surface area (Å²) in [5, 5.41) is 0.682. The van der Waals surface area contributed by atoms with E-state index in [1.807, 2.05) is 0 Å². The van der Waals surface area contributed by atoms with E-state index < -0.39 is 0 Å². The van der Waals surface area contributed by atoms with E-state index in [1.165, 1.54) is 12.8 Å². The first-order valence-corrected chi connectivity index (χ1v) is 5.67. The fourth-order valence-corrected chi connectivity index (χ4v) is 2.56. The number of hydrogen-bond donors (Lipinski definition) is 1. The van der Waals surface area contributed by atoms with Gasteiger partial charge in [0.05, 0.1) is 11.9 Å². The van der Waals surface area contributed by atoms with E-state index in [4.69, 9.17) is 17.3 Å². The zero-order valence-electron chi connectivity index (χ0n) is 8.04. The Morgan fingerprint density at radius 1 is 1.36 bits per heavy atom. The van der Waals surface area contributed by atoms with Gasteiger partial charge in [0.25, 0.3) is 0 Å². The van der Waals surface area contributed by atoms with Crippen molar-refractivity contribution in [1.82, 2.24) is 9.55 Å². The Bertz CT molecular complexity index is 368. The lowest BCUT2D eigenvalue weighted by Gasteiger charge is -2.23. The molecule has 2 N–H and O–H groups in total. The third-order valence-electron chi connectivity index (χ3n) is 3.18. The van der Waals surface area contributed by atoms with Crippen molar-refractivity contribution >= 4 is 11.6 Å². The van der Waals surface area contributed by atoms with Crippen LogP contribution in [-0.2, 0) is 6.42 Å². The summed E-state index contributed by atoms with van der Waals surface area (Å²) in [5.74, 6) is 1.77. The van der Waals surface area contributed by atoms with Gasteiger partial charge in [0.15, 0.2) is 5.15 Å². The van der Waals surface area contributed by atoms with Crippen molar-refractivity contribution in [1.29, 1.82) is 0 Å². The highest BCUT2D eigenvalue weighted by Crippen LogP contribution is 2.43. The van der Waals surface area contributed by atoms with Gasteiger partial charge in [0.1, 0.15) is 5.82 Å². The number of halogens is 1. The Kier molecular flexibility index (Phi) is 1.86. The molecule has 0 amide bonds. The number of nitrogens with zero attached hydrogens (tertiary/aromatic N) is 2. The minimum absolute atomic E-state index is 0.106. The second-order valence-electron chi connectivity index (χ2n) is 4.31. The van der Waals surface area contributed by atoms with Crippen molar-refractivity contribution in [2.75, 3.05) is 0 Å². The van der Waals surface area contributed by atoms with Crippen LogP contribution in [0.25, 0.3) is 0 Å². The molecule has 1 atom stereocenters. The van der Waals surface area contributed by atoms with Gasteiger partial charge in [-0.1, -0.05) is 11.6 Å². The summed E-state index contributed by atoms with van der Waals surface area (Å²) in [7, 11) is 0. The molecule has 1 aromatic rings. The number of rotatable bonds is 1. The molecule has 0 spiro atoms. The Morgan fingerprint density at radius 3 is 2.86 bits per heavy atom. The Balaban J connectivity index is 2.12. The van der Waals surface area contributed by atoms with Crippen molar-refractivity contribution in [2.45, 2.75) is 44.2 Å². The Labute approximate surface area is 88.3 Å². The van der Waals surface area contributed by atoms with Crippen LogP contribution < -0.4 is 5.73 Å². The highest BCUT2D eigenvalue weighted by Gasteiger charge is 2.33. The fourth-order valence-electron chi connectivity index (χ4n) is 2.29. The minimum Gasteiger partial charge on any atom is -0.314 e. The quantitative estimate of drug-likeness (QED) is 0.774. The summed E-state index contributed by atoms with van der Waals surface area (Å²) >= 11 is 6.11. The molecule has 3 nitrogen and oxygen atoms in total. The van der Waals surface area contributed by atoms with E-state index >= 15 is 0 Å². The molecule has 0 bridgehead atoms. The van der Waals surface area contributed by atoms with Crippen LogP contribution in [-0.4, -0.2) is 9.55 Å². The molecule has 0 radical (unpaired) electrons. The predicted octanol–water partition coefficient (Wildman–Crippen LogP) is 2.21. The maximum absolute atomic E-state index is 6.11. The van der Waals surface area contributed by atoms with Gasteiger partial charge >= 0.3 is 0 Å². The van der Waals surface area contributed by atoms with Crippen molar-refractivity contribution in [3.63, 3.8) is 0 Å². The van der Waals surface area contributed by atoms with Crippen LogP contribution in [0.5, 0.6) is 0 Å². The van der Waals surface area contributed by atoms with E-state index in [-0.39, 0.29) is 6.17 Å². The van der Waals surface area contributed by atoms with Crippen LogP contribution in [0.3, 0.4) is 0 Å². The SMILES string of the molecule is NC1CCCc2c(Cl)nc(C3CC3)n21. The molecule has 0 saturated heterocycles. The number of nitrogens with two attached hydrogens (primary N) is 1. The average molecular weight is 212 g/mol. The van der Waals surface area contributed by atoms with Crippen molar-refractivity contribution in [3.05, 3.63) is 16.7 Å². The standard InChI is InChI=1S/C10H14ClN3/c11-9-7-2-1-3-8(12)14(7)10(13-9)6-4-5-6/h6,8H,1-5,12H2. The highest BCUT2D eigenvalue weighted by atomic mass is 35.5. The smallest absolute Gasteiger partial charge is 0.150 e. The third-order valence-corrected chi connectivity index (χ3v) is 3.48. The molecule has 2 heterocycles. The fraction of sp³-hybridized carbons (Fsp3) is 0.700. The van der Waals surface area contributed by atoms with Crippen LogP contribution in [0.4, 0.5) is 0 Å². The van der Waals surface area contributed by atoms with Gasteiger partial charge in [-0.05, 0) is 32.1 Å². The maximum atomic E-state index is 6.11. The highest BCUT2D eigenvalue weighted by molar-refractivity contribution is 6.30. The number of fused-ring (bicyclic) bond motifs is 1. The zero-order chi connectivity index (χ0) is 9.71. The molecule has 1 aliphatic heterocycles. The van der Waals surface area contributed by atoms with E-state index in [2.05, 4.69) is 9.55 Å². The van der Waals surface area contributed by atoms with Gasteiger partial charge < -0.3 is 10.3 Å². The topological polar surface area (TPSA) is 43.8 Å². The second kappa shape index (κ2) is 2.97. The maximum Gasteiger partial charge on any atom is 0.150 e. The van der Waals surface area contributed by atoms with Crippen molar-refractivity contribution < 1.29 is 0 Å². The molecule has 1 aliphatic carbocycles. The van der Waals surface area contributed by atoms with E-state index in [9.17, 15) is 0 Å². The average Bonchev–Trinajstić information content (AvgIpc) is 2.94. The van der Waals surface area contributed by atoms with Crippen LogP contribution >= 0.6 is 11.6 Å². The first kappa shape index (κ1) is 8.74. The predicted molar refractivity (Wildman–Crippen MR) is 55.4 cm³/mol. The van der Waals surface area contributed by atoms with E-state index in [0.29, 0.717) is 11.1 Å². The van der Waals surface area contributed by atoms with Gasteiger partial charge in [-0.25, -0.2) is 4.98 Å². The zero-order valence-corrected chi connectivity index (χ0v) is 8.80. The molecule has 1 aromatic heterocycles. The van der Waals surface area contributed by atoms with Crippen LogP contribution in [0, 0.1) is 0 Å². The first-order chi connectivity index (χ1) is 6.77. The summed E-state index contributed by atoms with van der Waals surface area (Å²) in [6, 6.07) is 0. The Morgan fingerprint density at radius 2 is 2.14 bits per heavy atom. The molecule has 1 saturated carbocycles. The van der Waals surface area contributed by atoms with Crippen molar-refractivity contribution in [3.8, 4) is 0 Å². The van der Waals surface area contributed by atoms with E-state index in [0.717, 1.165) is 30.8 Å². The molecule has 2 aliphatic rings. The first-order valence-electron chi connectivity index (χ1n) is 5.29. The molecule has 0 aromatic carbocycles. The molecule has 1 unspecified atom stereocenters. The molecular weight excluding hydrogens is 198 g/mol.